The number of carbonyl (C=O) groups excluding carboxylic acids is 1. The number of benzene rings is 2. The Morgan fingerprint density at radius 1 is 1.06 bits per heavy atom. The monoisotopic (exact) mass is 426 g/mol. The van der Waals surface area contributed by atoms with Crippen molar-refractivity contribution in [2.75, 3.05) is 10.6 Å². The van der Waals surface area contributed by atoms with Crippen molar-refractivity contribution < 1.29 is 9.53 Å². The summed E-state index contributed by atoms with van der Waals surface area (Å²) < 4.78 is 6.10. The lowest BCUT2D eigenvalue weighted by Crippen LogP contribution is -2.19. The minimum Gasteiger partial charge on any atom is -0.488 e. The Morgan fingerprint density at radius 3 is 2.72 bits per heavy atom. The maximum absolute atomic E-state index is 11.3. The highest BCUT2D eigenvalue weighted by atomic mass is 16.5. The van der Waals surface area contributed by atoms with Gasteiger partial charge in [-0.1, -0.05) is 24.3 Å². The number of hydrogen-bond acceptors (Lipinski definition) is 6. The fourth-order valence-electron chi connectivity index (χ4n) is 3.58. The maximum Gasteiger partial charge on any atom is 0.316 e. The largest absolute Gasteiger partial charge is 0.488 e. The molecular formula is C24H22N6O2. The van der Waals surface area contributed by atoms with Crippen LogP contribution in [0.3, 0.4) is 0 Å². The van der Waals surface area contributed by atoms with E-state index >= 15 is 0 Å². The molecule has 0 unspecified atom stereocenters. The Labute approximate surface area is 184 Å². The number of primary amides is 1. The number of aromatic nitrogens is 3. The van der Waals surface area contributed by atoms with Gasteiger partial charge < -0.3 is 21.1 Å². The number of rotatable bonds is 7. The lowest BCUT2D eigenvalue weighted by atomic mass is 10.1. The Morgan fingerprint density at radius 2 is 1.91 bits per heavy atom. The van der Waals surface area contributed by atoms with Crippen LogP contribution in [0.25, 0.3) is 10.8 Å². The van der Waals surface area contributed by atoms with Gasteiger partial charge in [-0.15, -0.1) is 0 Å². The van der Waals surface area contributed by atoms with Crippen LogP contribution >= 0.6 is 0 Å². The van der Waals surface area contributed by atoms with Gasteiger partial charge in [0.2, 0.25) is 0 Å². The van der Waals surface area contributed by atoms with Crippen LogP contribution in [0.2, 0.25) is 0 Å². The predicted octanol–water partition coefficient (Wildman–Crippen LogP) is 4.72. The fraction of sp³-hybridized carbons (Fsp3) is 0.167. The highest BCUT2D eigenvalue weighted by Gasteiger charge is 2.25. The molecule has 2 aromatic heterocycles. The fourth-order valence-corrected chi connectivity index (χ4v) is 3.58. The number of ether oxygens (including phenoxy) is 1. The van der Waals surface area contributed by atoms with Crippen LogP contribution in [0.5, 0.6) is 5.75 Å². The van der Waals surface area contributed by atoms with Crippen LogP contribution in [0.4, 0.5) is 22.1 Å². The van der Waals surface area contributed by atoms with E-state index in [9.17, 15) is 4.79 Å². The normalized spacial score (nSPS) is 13.0. The second kappa shape index (κ2) is 8.50. The van der Waals surface area contributed by atoms with E-state index in [1.54, 1.807) is 18.5 Å². The van der Waals surface area contributed by atoms with Crippen molar-refractivity contribution in [2.45, 2.75) is 25.4 Å². The molecule has 2 heterocycles. The van der Waals surface area contributed by atoms with E-state index in [0.29, 0.717) is 35.6 Å². The van der Waals surface area contributed by atoms with E-state index in [-0.39, 0.29) is 0 Å². The van der Waals surface area contributed by atoms with Gasteiger partial charge in [-0.2, -0.15) is 0 Å². The van der Waals surface area contributed by atoms with Gasteiger partial charge in [-0.3, -0.25) is 4.98 Å². The topological polar surface area (TPSA) is 115 Å². The summed E-state index contributed by atoms with van der Waals surface area (Å²) in [4.78, 5) is 24.6. The molecule has 32 heavy (non-hydrogen) atoms. The van der Waals surface area contributed by atoms with Crippen LogP contribution in [0.1, 0.15) is 30.0 Å². The summed E-state index contributed by atoms with van der Waals surface area (Å²) >= 11 is 0. The van der Waals surface area contributed by atoms with E-state index in [0.717, 1.165) is 22.0 Å². The van der Waals surface area contributed by atoms with Gasteiger partial charge in [0, 0.05) is 29.1 Å². The standard InChI is InChI=1S/C24H22N6O2/c25-24(31)29-19-7-8-21(18-4-2-1-3-17(18)19)32-14-15-9-10-27-22(11-15)30-23-13-26-12-20(28-23)16-5-6-16/h1-4,7-13,16H,5-6,14H2,(H3,25,29,31)(H,27,28,30). The van der Waals surface area contributed by atoms with Crippen molar-refractivity contribution in [3.8, 4) is 5.75 Å². The van der Waals surface area contributed by atoms with Gasteiger partial charge in [0.1, 0.15) is 24.0 Å². The molecule has 1 fully saturated rings. The Bertz CT molecular complexity index is 1290. The highest BCUT2D eigenvalue weighted by Crippen LogP contribution is 2.39. The third kappa shape index (κ3) is 4.44. The summed E-state index contributed by atoms with van der Waals surface area (Å²) in [7, 11) is 0. The first-order valence-electron chi connectivity index (χ1n) is 10.4. The number of pyridine rings is 1. The Hall–Kier alpha value is -4.20. The van der Waals surface area contributed by atoms with Crippen molar-refractivity contribution in [3.63, 3.8) is 0 Å². The lowest BCUT2D eigenvalue weighted by Gasteiger charge is -2.13. The average molecular weight is 426 g/mol. The molecule has 8 heteroatoms. The molecule has 8 nitrogen and oxygen atoms in total. The van der Waals surface area contributed by atoms with Crippen molar-refractivity contribution >= 4 is 34.1 Å². The molecule has 0 radical (unpaired) electrons. The van der Waals surface area contributed by atoms with Gasteiger partial charge in [-0.25, -0.2) is 14.8 Å². The van der Waals surface area contributed by atoms with E-state index in [1.165, 1.54) is 12.8 Å². The lowest BCUT2D eigenvalue weighted by molar-refractivity contribution is 0.259. The van der Waals surface area contributed by atoms with Crippen molar-refractivity contribution in [3.05, 3.63) is 78.4 Å². The molecule has 1 aliphatic rings. The first kappa shape index (κ1) is 19.7. The van der Waals surface area contributed by atoms with E-state index in [1.807, 2.05) is 48.7 Å². The number of carbonyl (C=O) groups is 1. The zero-order chi connectivity index (χ0) is 21.9. The molecule has 0 bridgehead atoms. The van der Waals surface area contributed by atoms with Crippen LogP contribution in [0.15, 0.2) is 67.1 Å². The molecule has 4 aromatic rings. The van der Waals surface area contributed by atoms with Gasteiger partial charge >= 0.3 is 6.03 Å². The highest BCUT2D eigenvalue weighted by molar-refractivity contribution is 6.03. The molecule has 5 rings (SSSR count). The summed E-state index contributed by atoms with van der Waals surface area (Å²) in [5, 5.41) is 7.62. The van der Waals surface area contributed by atoms with Gasteiger partial charge in [0.15, 0.2) is 0 Å². The third-order valence-corrected chi connectivity index (χ3v) is 5.27. The van der Waals surface area contributed by atoms with Crippen LogP contribution in [-0.4, -0.2) is 21.0 Å². The van der Waals surface area contributed by atoms with Gasteiger partial charge in [0.05, 0.1) is 17.6 Å². The summed E-state index contributed by atoms with van der Waals surface area (Å²) in [6, 6.07) is 14.5. The van der Waals surface area contributed by atoms with Crippen LogP contribution in [0, 0.1) is 0 Å². The molecule has 160 valence electrons. The van der Waals surface area contributed by atoms with E-state index in [2.05, 4.69) is 25.6 Å². The number of amides is 2. The molecule has 1 aliphatic carbocycles. The van der Waals surface area contributed by atoms with E-state index in [4.69, 9.17) is 10.5 Å². The summed E-state index contributed by atoms with van der Waals surface area (Å²) in [5.41, 5.74) is 7.91. The first-order valence-corrected chi connectivity index (χ1v) is 10.4. The van der Waals surface area contributed by atoms with Crippen LogP contribution in [-0.2, 0) is 6.61 Å². The predicted molar refractivity (Wildman–Crippen MR) is 123 cm³/mol. The number of nitrogens with one attached hydrogen (secondary N) is 2. The van der Waals surface area contributed by atoms with Crippen molar-refractivity contribution in [1.29, 1.82) is 0 Å². The second-order valence-electron chi connectivity index (χ2n) is 7.71. The molecule has 0 atom stereocenters. The number of fused-ring (bicyclic) bond motifs is 1. The molecule has 0 aliphatic heterocycles. The molecule has 2 amide bonds. The summed E-state index contributed by atoms with van der Waals surface area (Å²) in [5.74, 6) is 2.61. The molecular weight excluding hydrogens is 404 g/mol. The van der Waals surface area contributed by atoms with Crippen LogP contribution < -0.4 is 21.1 Å². The SMILES string of the molecule is NC(=O)Nc1ccc(OCc2ccnc(Nc3cncc(C4CC4)n3)c2)c2ccccc12. The average Bonchev–Trinajstić information content (AvgIpc) is 3.64. The van der Waals surface area contributed by atoms with E-state index < -0.39 is 6.03 Å². The quantitative estimate of drug-likeness (QED) is 0.394. The molecule has 1 saturated carbocycles. The van der Waals surface area contributed by atoms with Crippen molar-refractivity contribution in [2.24, 2.45) is 5.73 Å². The summed E-state index contributed by atoms with van der Waals surface area (Å²) in [6.07, 6.45) is 7.62. The smallest absolute Gasteiger partial charge is 0.316 e. The molecule has 0 spiro atoms. The Balaban J connectivity index is 1.32. The first-order chi connectivity index (χ1) is 15.7. The van der Waals surface area contributed by atoms with Gasteiger partial charge in [-0.05, 0) is 42.7 Å². The molecule has 2 aromatic carbocycles. The zero-order valence-corrected chi connectivity index (χ0v) is 17.3. The Kier molecular flexibility index (Phi) is 5.25. The number of urea groups is 1. The number of nitrogens with zero attached hydrogens (tertiary/aromatic N) is 3. The molecule has 4 N–H and O–H groups in total. The number of hydrogen-bond donors (Lipinski definition) is 3. The second-order valence-corrected chi connectivity index (χ2v) is 7.71. The maximum atomic E-state index is 11.3. The number of nitrogens with two attached hydrogens (primary N) is 1. The third-order valence-electron chi connectivity index (χ3n) is 5.27. The minimum atomic E-state index is -0.604. The zero-order valence-electron chi connectivity index (χ0n) is 17.3. The molecule has 0 saturated heterocycles. The van der Waals surface area contributed by atoms with Crippen molar-refractivity contribution in [1.82, 2.24) is 15.0 Å². The van der Waals surface area contributed by atoms with Gasteiger partial charge in [0.25, 0.3) is 0 Å². The summed E-state index contributed by atoms with van der Waals surface area (Å²) in [6.45, 7) is 0.359. The number of anilines is 3. The minimum absolute atomic E-state index is 0.359.